The van der Waals surface area contributed by atoms with Crippen LogP contribution >= 0.6 is 7.82 Å². The number of hydrogen-bond donors (Lipinski definition) is 2. The minimum Gasteiger partial charge on any atom is -0.457 e. The van der Waals surface area contributed by atoms with Crippen LogP contribution in [0, 0.1) is 0 Å². The maximum absolute atomic E-state index is 12.3. The summed E-state index contributed by atoms with van der Waals surface area (Å²) in [6.45, 7) is 4.88. The van der Waals surface area contributed by atoms with Crippen LogP contribution in [0.5, 0.6) is 0 Å². The first-order valence-corrected chi connectivity index (χ1v) is 18.5. The molecule has 0 rings (SSSR count). The molecule has 3 N–H and O–H groups in total. The van der Waals surface area contributed by atoms with Crippen LogP contribution in [0.2, 0.25) is 0 Å². The van der Waals surface area contributed by atoms with Gasteiger partial charge in [0.1, 0.15) is 6.10 Å². The first-order valence-electron chi connectivity index (χ1n) is 17.0. The second-order valence-corrected chi connectivity index (χ2v) is 12.8. The van der Waals surface area contributed by atoms with E-state index in [1.807, 2.05) is 0 Å². The fourth-order valence-electron chi connectivity index (χ4n) is 4.76. The minimum atomic E-state index is -4.25. The van der Waals surface area contributed by atoms with E-state index in [1.165, 1.54) is 109 Å². The van der Waals surface area contributed by atoms with Crippen molar-refractivity contribution in [2.24, 2.45) is 5.73 Å². The lowest BCUT2D eigenvalue weighted by Gasteiger charge is -2.20. The molecular weight excluding hydrogens is 541 g/mol. The third kappa shape index (κ3) is 30.8. The van der Waals surface area contributed by atoms with Gasteiger partial charge in [-0.3, -0.25) is 13.8 Å². The van der Waals surface area contributed by atoms with Crippen molar-refractivity contribution in [3.63, 3.8) is 0 Å². The van der Waals surface area contributed by atoms with Crippen LogP contribution < -0.4 is 5.73 Å². The Kier molecular flexibility index (Phi) is 30.6. The Labute approximate surface area is 252 Å². The predicted octanol–water partition coefficient (Wildman–Crippen LogP) is 9.02. The Morgan fingerprint density at radius 2 is 1.07 bits per heavy atom. The Morgan fingerprint density at radius 1 is 0.634 bits per heavy atom. The molecule has 2 unspecified atom stereocenters. The van der Waals surface area contributed by atoms with E-state index in [4.69, 9.17) is 24.3 Å². The maximum Gasteiger partial charge on any atom is 0.472 e. The van der Waals surface area contributed by atoms with Gasteiger partial charge in [-0.25, -0.2) is 4.57 Å². The molecule has 0 saturated carbocycles. The van der Waals surface area contributed by atoms with Crippen LogP contribution in [0.3, 0.4) is 0 Å². The third-order valence-electron chi connectivity index (χ3n) is 7.27. The Hall–Kier alpha value is -0.500. The quantitative estimate of drug-likeness (QED) is 0.0431. The number of unbranched alkanes of at least 4 members (excludes halogenated alkanes) is 20. The normalized spacial score (nSPS) is 13.8. The fraction of sp³-hybridized carbons (Fsp3) is 0.969. The molecule has 0 aromatic heterocycles. The average Bonchev–Trinajstić information content (AvgIpc) is 2.96. The molecule has 0 amide bonds. The molecule has 0 fully saturated rings. The Balaban J connectivity index is 3.96. The molecule has 246 valence electrons. The molecule has 0 aliphatic rings. The van der Waals surface area contributed by atoms with Crippen molar-refractivity contribution in [1.29, 1.82) is 0 Å². The van der Waals surface area contributed by atoms with Crippen molar-refractivity contribution in [1.82, 2.24) is 0 Å². The number of rotatable bonds is 33. The number of carbonyl (C=O) groups is 1. The molecule has 0 bridgehead atoms. The predicted molar refractivity (Wildman–Crippen MR) is 169 cm³/mol. The van der Waals surface area contributed by atoms with Crippen molar-refractivity contribution in [2.45, 2.75) is 168 Å². The van der Waals surface area contributed by atoms with Gasteiger partial charge in [0.2, 0.25) is 0 Å². The molecule has 0 aliphatic carbocycles. The first-order chi connectivity index (χ1) is 19.9. The molecule has 9 heteroatoms. The molecule has 0 spiro atoms. The number of ether oxygens (including phenoxy) is 2. The molecule has 0 heterocycles. The number of carbonyl (C=O) groups excluding carboxylic acids is 1. The average molecular weight is 608 g/mol. The second kappa shape index (κ2) is 30.9. The van der Waals surface area contributed by atoms with E-state index in [-0.39, 0.29) is 32.3 Å². The van der Waals surface area contributed by atoms with E-state index in [1.54, 1.807) is 0 Å². The molecule has 0 saturated heterocycles. The zero-order chi connectivity index (χ0) is 30.3. The van der Waals surface area contributed by atoms with Gasteiger partial charge in [0.15, 0.2) is 0 Å². The molecule has 0 aliphatic heterocycles. The van der Waals surface area contributed by atoms with Crippen LogP contribution in [0.4, 0.5) is 0 Å². The van der Waals surface area contributed by atoms with E-state index in [2.05, 4.69) is 13.8 Å². The van der Waals surface area contributed by atoms with Crippen LogP contribution in [0.1, 0.15) is 162 Å². The zero-order valence-corrected chi connectivity index (χ0v) is 27.7. The summed E-state index contributed by atoms with van der Waals surface area (Å²) in [4.78, 5) is 22.1. The topological polar surface area (TPSA) is 117 Å². The third-order valence-corrected chi connectivity index (χ3v) is 8.26. The summed E-state index contributed by atoms with van der Waals surface area (Å²) in [6, 6.07) is 0. The molecule has 2 atom stereocenters. The van der Waals surface area contributed by atoms with Gasteiger partial charge >= 0.3 is 13.8 Å². The highest BCUT2D eigenvalue weighted by Crippen LogP contribution is 2.43. The molecule has 0 radical (unpaired) electrons. The number of nitrogens with two attached hydrogens (primary N) is 1. The van der Waals surface area contributed by atoms with Gasteiger partial charge in [0.25, 0.3) is 0 Å². The van der Waals surface area contributed by atoms with Crippen LogP contribution in [0.15, 0.2) is 0 Å². The monoisotopic (exact) mass is 607 g/mol. The van der Waals surface area contributed by atoms with Crippen LogP contribution in [-0.2, 0) is 27.9 Å². The van der Waals surface area contributed by atoms with Crippen molar-refractivity contribution in [3.8, 4) is 0 Å². The lowest BCUT2D eigenvalue weighted by Crippen LogP contribution is -2.28. The Bertz CT molecular complexity index is 609. The van der Waals surface area contributed by atoms with Gasteiger partial charge in [0, 0.05) is 19.6 Å². The second-order valence-electron chi connectivity index (χ2n) is 11.4. The Morgan fingerprint density at radius 3 is 1.54 bits per heavy atom. The molecule has 0 aromatic rings. The first kappa shape index (κ1) is 40.5. The zero-order valence-electron chi connectivity index (χ0n) is 26.8. The van der Waals surface area contributed by atoms with E-state index >= 15 is 0 Å². The summed E-state index contributed by atoms with van der Waals surface area (Å²) in [7, 11) is -4.25. The maximum atomic E-state index is 12.3. The summed E-state index contributed by atoms with van der Waals surface area (Å²) in [5.41, 5.74) is 5.32. The smallest absolute Gasteiger partial charge is 0.457 e. The van der Waals surface area contributed by atoms with E-state index in [9.17, 15) is 14.3 Å². The lowest BCUT2D eigenvalue weighted by molar-refractivity contribution is -0.154. The SMILES string of the molecule is CCCCCCCCCCCCCCCCCCOCC(COP(=O)(O)OCCN)OC(=O)CCCCCCCC. The van der Waals surface area contributed by atoms with Crippen molar-refractivity contribution >= 4 is 13.8 Å². The highest BCUT2D eigenvalue weighted by molar-refractivity contribution is 7.47. The highest BCUT2D eigenvalue weighted by Gasteiger charge is 2.25. The van der Waals surface area contributed by atoms with Gasteiger partial charge in [-0.05, 0) is 12.8 Å². The van der Waals surface area contributed by atoms with Crippen LogP contribution in [-0.4, -0.2) is 49.9 Å². The van der Waals surface area contributed by atoms with E-state index < -0.39 is 13.9 Å². The van der Waals surface area contributed by atoms with E-state index in [0.29, 0.717) is 13.0 Å². The van der Waals surface area contributed by atoms with Gasteiger partial charge in [0.05, 0.1) is 19.8 Å². The van der Waals surface area contributed by atoms with Crippen LogP contribution in [0.25, 0.3) is 0 Å². The summed E-state index contributed by atoms with van der Waals surface area (Å²) < 4.78 is 33.0. The van der Waals surface area contributed by atoms with Crippen molar-refractivity contribution in [2.75, 3.05) is 33.0 Å². The summed E-state index contributed by atoms with van der Waals surface area (Å²) in [5.74, 6) is -0.337. The van der Waals surface area contributed by atoms with Gasteiger partial charge in [-0.1, -0.05) is 142 Å². The lowest BCUT2D eigenvalue weighted by atomic mass is 10.0. The highest BCUT2D eigenvalue weighted by atomic mass is 31.2. The largest absolute Gasteiger partial charge is 0.472 e. The fourth-order valence-corrected chi connectivity index (χ4v) is 5.53. The minimum absolute atomic E-state index is 0.0913. The standard InChI is InChI=1S/C32H66NO7P/c1-3-5-7-9-11-12-13-14-15-16-17-18-19-20-22-24-27-37-29-31(30-39-41(35,36)38-28-26-33)40-32(34)25-23-21-10-8-6-4-2/h31H,3-30,33H2,1-2H3,(H,35,36). The van der Waals surface area contributed by atoms with E-state index in [0.717, 1.165) is 32.1 Å². The molecule has 8 nitrogen and oxygen atoms in total. The summed E-state index contributed by atoms with van der Waals surface area (Å²) >= 11 is 0. The molecular formula is C32H66NO7P. The summed E-state index contributed by atoms with van der Waals surface area (Å²) in [5, 5.41) is 0. The van der Waals surface area contributed by atoms with Gasteiger partial charge < -0.3 is 20.1 Å². The van der Waals surface area contributed by atoms with Crippen molar-refractivity contribution in [3.05, 3.63) is 0 Å². The van der Waals surface area contributed by atoms with Gasteiger partial charge in [-0.15, -0.1) is 0 Å². The summed E-state index contributed by atoms with van der Waals surface area (Å²) in [6.07, 6.45) is 27.1. The van der Waals surface area contributed by atoms with Gasteiger partial charge in [-0.2, -0.15) is 0 Å². The molecule has 41 heavy (non-hydrogen) atoms. The molecule has 0 aromatic carbocycles. The number of phosphoric ester groups is 1. The number of esters is 1. The van der Waals surface area contributed by atoms with Crippen molar-refractivity contribution < 1.29 is 32.8 Å². The number of hydrogen-bond acceptors (Lipinski definition) is 7. The number of phosphoric acid groups is 1.